The standard InChI is InChI=1S/C23H31N3O3/c1-6-26(7-2)19-10-8-17(21(27)12-19)14-24-16-23(3,4)25-15-18-9-11-20(29-5)13-22(18)28/h8-15,27-28H,6-7,16H2,1-5H3. The Morgan fingerprint density at radius 3 is 2.17 bits per heavy atom. The molecule has 2 aromatic rings. The molecule has 0 unspecified atom stereocenters. The van der Waals surface area contributed by atoms with Crippen LogP contribution < -0.4 is 9.64 Å². The van der Waals surface area contributed by atoms with Crippen LogP contribution in [0.4, 0.5) is 5.69 Å². The Kier molecular flexibility index (Phi) is 7.65. The highest BCUT2D eigenvalue weighted by atomic mass is 16.5. The fourth-order valence-electron chi connectivity index (χ4n) is 2.84. The molecule has 0 aliphatic rings. The van der Waals surface area contributed by atoms with Gasteiger partial charge in [-0.05, 0) is 52.0 Å². The van der Waals surface area contributed by atoms with Crippen molar-refractivity contribution >= 4 is 18.1 Å². The Bertz CT molecular complexity index is 872. The molecular formula is C23H31N3O3. The van der Waals surface area contributed by atoms with E-state index in [9.17, 15) is 10.2 Å². The summed E-state index contributed by atoms with van der Waals surface area (Å²) in [6.07, 6.45) is 3.31. The molecule has 6 heteroatoms. The summed E-state index contributed by atoms with van der Waals surface area (Å²) in [5, 5.41) is 20.3. The monoisotopic (exact) mass is 397 g/mol. The average molecular weight is 398 g/mol. The Morgan fingerprint density at radius 2 is 1.59 bits per heavy atom. The molecule has 6 nitrogen and oxygen atoms in total. The van der Waals surface area contributed by atoms with Crippen molar-refractivity contribution in [3.8, 4) is 17.2 Å². The number of aromatic hydroxyl groups is 2. The van der Waals surface area contributed by atoms with E-state index >= 15 is 0 Å². The van der Waals surface area contributed by atoms with Crippen LogP contribution in [0.5, 0.6) is 17.2 Å². The lowest BCUT2D eigenvalue weighted by molar-refractivity contribution is 0.407. The predicted octanol–water partition coefficient (Wildman–Crippen LogP) is 4.27. The second-order valence-electron chi connectivity index (χ2n) is 7.38. The highest BCUT2D eigenvalue weighted by Gasteiger charge is 2.15. The number of nitrogens with zero attached hydrogens (tertiary/aromatic N) is 3. The van der Waals surface area contributed by atoms with E-state index in [2.05, 4.69) is 28.7 Å². The molecule has 0 heterocycles. The second kappa shape index (κ2) is 9.96. The van der Waals surface area contributed by atoms with Gasteiger partial charge in [-0.3, -0.25) is 9.98 Å². The van der Waals surface area contributed by atoms with Crippen LogP contribution in [0.25, 0.3) is 0 Å². The van der Waals surface area contributed by atoms with Crippen molar-refractivity contribution in [1.82, 2.24) is 0 Å². The third kappa shape index (κ3) is 6.24. The van der Waals surface area contributed by atoms with Crippen LogP contribution >= 0.6 is 0 Å². The van der Waals surface area contributed by atoms with Crippen molar-refractivity contribution in [1.29, 1.82) is 0 Å². The number of anilines is 1. The average Bonchev–Trinajstić information content (AvgIpc) is 2.69. The zero-order chi connectivity index (χ0) is 21.4. The molecule has 0 amide bonds. The maximum Gasteiger partial charge on any atom is 0.128 e. The lowest BCUT2D eigenvalue weighted by Crippen LogP contribution is -2.22. The third-order valence-electron chi connectivity index (χ3n) is 4.64. The van der Waals surface area contributed by atoms with E-state index in [4.69, 9.17) is 4.74 Å². The molecule has 156 valence electrons. The van der Waals surface area contributed by atoms with Crippen LogP contribution in [-0.2, 0) is 0 Å². The smallest absolute Gasteiger partial charge is 0.128 e. The molecule has 2 N–H and O–H groups in total. The summed E-state index contributed by atoms with van der Waals surface area (Å²) in [6.45, 7) is 10.3. The minimum absolute atomic E-state index is 0.116. The molecule has 0 fully saturated rings. The summed E-state index contributed by atoms with van der Waals surface area (Å²) in [5.41, 5.74) is 1.83. The number of benzene rings is 2. The zero-order valence-electron chi connectivity index (χ0n) is 17.9. The minimum Gasteiger partial charge on any atom is -0.507 e. The summed E-state index contributed by atoms with van der Waals surface area (Å²) >= 11 is 0. The van der Waals surface area contributed by atoms with E-state index in [1.165, 1.54) is 0 Å². The molecule has 0 aromatic heterocycles. The van der Waals surface area contributed by atoms with Gasteiger partial charge in [-0.1, -0.05) is 0 Å². The number of phenolic OH excluding ortho intramolecular Hbond substituents is 2. The summed E-state index contributed by atoms with van der Waals surface area (Å²) in [4.78, 5) is 11.2. The zero-order valence-corrected chi connectivity index (χ0v) is 17.9. The van der Waals surface area contributed by atoms with Gasteiger partial charge in [-0.2, -0.15) is 0 Å². The number of ether oxygens (including phenoxy) is 1. The van der Waals surface area contributed by atoms with Crippen molar-refractivity contribution in [3.05, 3.63) is 47.5 Å². The second-order valence-corrected chi connectivity index (χ2v) is 7.38. The molecule has 0 atom stereocenters. The van der Waals surface area contributed by atoms with Crippen LogP contribution in [0.15, 0.2) is 46.4 Å². The Balaban J connectivity index is 2.05. The third-order valence-corrected chi connectivity index (χ3v) is 4.64. The largest absolute Gasteiger partial charge is 0.507 e. The lowest BCUT2D eigenvalue weighted by atomic mass is 10.1. The summed E-state index contributed by atoms with van der Waals surface area (Å²) in [7, 11) is 1.55. The molecule has 2 rings (SSSR count). The number of hydrogen-bond donors (Lipinski definition) is 2. The Morgan fingerprint density at radius 1 is 0.966 bits per heavy atom. The first kappa shape index (κ1) is 22.3. The molecule has 0 spiro atoms. The maximum absolute atomic E-state index is 10.3. The van der Waals surface area contributed by atoms with E-state index in [0.29, 0.717) is 23.4 Å². The molecule has 0 aliphatic heterocycles. The molecule has 0 aliphatic carbocycles. The van der Waals surface area contributed by atoms with Crippen molar-refractivity contribution < 1.29 is 14.9 Å². The number of rotatable bonds is 9. The Hall–Kier alpha value is -3.02. The first-order valence-electron chi connectivity index (χ1n) is 9.79. The summed E-state index contributed by atoms with van der Waals surface area (Å²) in [6, 6.07) is 10.7. The lowest BCUT2D eigenvalue weighted by Gasteiger charge is -2.21. The Labute approximate surface area is 173 Å². The summed E-state index contributed by atoms with van der Waals surface area (Å²) in [5.74, 6) is 0.920. The first-order valence-corrected chi connectivity index (χ1v) is 9.79. The van der Waals surface area contributed by atoms with E-state index in [1.807, 2.05) is 26.0 Å². The topological polar surface area (TPSA) is 77.7 Å². The predicted molar refractivity (Wildman–Crippen MR) is 120 cm³/mol. The van der Waals surface area contributed by atoms with Gasteiger partial charge in [0.2, 0.25) is 0 Å². The van der Waals surface area contributed by atoms with Gasteiger partial charge in [0.05, 0.1) is 19.2 Å². The highest BCUT2D eigenvalue weighted by molar-refractivity contribution is 5.85. The van der Waals surface area contributed by atoms with Gasteiger partial charge in [-0.15, -0.1) is 0 Å². The van der Waals surface area contributed by atoms with E-state index in [1.54, 1.807) is 43.8 Å². The van der Waals surface area contributed by atoms with Crippen molar-refractivity contribution in [2.24, 2.45) is 9.98 Å². The van der Waals surface area contributed by atoms with Crippen LogP contribution in [-0.4, -0.2) is 54.9 Å². The minimum atomic E-state index is -0.459. The quantitative estimate of drug-likeness (QED) is 0.620. The summed E-state index contributed by atoms with van der Waals surface area (Å²) < 4.78 is 5.09. The first-order chi connectivity index (χ1) is 13.8. The fourth-order valence-corrected chi connectivity index (χ4v) is 2.84. The van der Waals surface area contributed by atoms with Gasteiger partial charge in [0.25, 0.3) is 0 Å². The van der Waals surface area contributed by atoms with E-state index < -0.39 is 5.54 Å². The maximum atomic E-state index is 10.3. The van der Waals surface area contributed by atoms with Crippen molar-refractivity contribution in [2.75, 3.05) is 31.6 Å². The van der Waals surface area contributed by atoms with Crippen LogP contribution in [0.2, 0.25) is 0 Å². The van der Waals surface area contributed by atoms with Gasteiger partial charge >= 0.3 is 0 Å². The van der Waals surface area contributed by atoms with Crippen molar-refractivity contribution in [3.63, 3.8) is 0 Å². The van der Waals surface area contributed by atoms with Crippen LogP contribution in [0.1, 0.15) is 38.8 Å². The van der Waals surface area contributed by atoms with E-state index in [0.717, 1.165) is 18.8 Å². The molecule has 29 heavy (non-hydrogen) atoms. The van der Waals surface area contributed by atoms with Crippen molar-refractivity contribution in [2.45, 2.75) is 33.2 Å². The van der Waals surface area contributed by atoms with E-state index in [-0.39, 0.29) is 11.5 Å². The number of methoxy groups -OCH3 is 1. The number of aliphatic imine (C=N–C) groups is 2. The number of phenols is 2. The SMILES string of the molecule is CCN(CC)c1ccc(C=NCC(C)(C)N=Cc2ccc(OC)cc2O)c(O)c1. The van der Waals surface area contributed by atoms with Crippen LogP contribution in [0.3, 0.4) is 0 Å². The highest BCUT2D eigenvalue weighted by Crippen LogP contribution is 2.24. The van der Waals surface area contributed by atoms with Gasteiger partial charge in [0.15, 0.2) is 0 Å². The number of hydrogen-bond acceptors (Lipinski definition) is 6. The van der Waals surface area contributed by atoms with Gasteiger partial charge in [0, 0.05) is 54.5 Å². The van der Waals surface area contributed by atoms with Crippen LogP contribution in [0, 0.1) is 0 Å². The molecule has 0 saturated heterocycles. The molecule has 0 bridgehead atoms. The van der Waals surface area contributed by atoms with Gasteiger partial charge in [-0.25, -0.2) is 0 Å². The molecule has 0 radical (unpaired) electrons. The molecular weight excluding hydrogens is 366 g/mol. The van der Waals surface area contributed by atoms with Gasteiger partial charge < -0.3 is 19.8 Å². The molecule has 2 aromatic carbocycles. The molecule has 0 saturated carbocycles. The fraction of sp³-hybridized carbons (Fsp3) is 0.391. The van der Waals surface area contributed by atoms with Gasteiger partial charge in [0.1, 0.15) is 17.2 Å². The normalized spacial score (nSPS) is 12.0.